The van der Waals surface area contributed by atoms with Crippen molar-refractivity contribution >= 4 is 43.8 Å². The van der Waals surface area contributed by atoms with Gasteiger partial charge in [-0.3, -0.25) is 4.79 Å². The molecular formula is C24H23ClN4O5S2. The van der Waals surface area contributed by atoms with Gasteiger partial charge in [-0.05, 0) is 42.0 Å². The topological polar surface area (TPSA) is 116 Å². The van der Waals surface area contributed by atoms with Crippen LogP contribution < -0.4 is 5.43 Å². The lowest BCUT2D eigenvalue weighted by Gasteiger charge is -2.38. The lowest BCUT2D eigenvalue weighted by atomic mass is 10.2. The lowest BCUT2D eigenvalue weighted by molar-refractivity contribution is -0.125. The van der Waals surface area contributed by atoms with Crippen molar-refractivity contribution in [2.45, 2.75) is 15.8 Å². The largest absolute Gasteiger partial charge is 0.271 e. The van der Waals surface area contributed by atoms with Crippen LogP contribution in [0.3, 0.4) is 0 Å². The Balaban J connectivity index is 1.62. The van der Waals surface area contributed by atoms with Crippen molar-refractivity contribution in [1.82, 2.24) is 14.0 Å². The SMILES string of the molecule is O=C(N/N=C\c1ccc(Cl)cc1)[C@@H]1CN(S(=O)(=O)c2ccccc2)CCN1S(=O)(=O)c1ccccc1. The van der Waals surface area contributed by atoms with Gasteiger partial charge in [-0.1, -0.05) is 60.1 Å². The average Bonchev–Trinajstić information content (AvgIpc) is 2.90. The summed E-state index contributed by atoms with van der Waals surface area (Å²) in [6.45, 7) is -0.686. The number of amides is 1. The monoisotopic (exact) mass is 546 g/mol. The number of nitrogens with zero attached hydrogens (tertiary/aromatic N) is 3. The van der Waals surface area contributed by atoms with Gasteiger partial charge < -0.3 is 0 Å². The number of carbonyl (C=O) groups excluding carboxylic acids is 1. The normalized spacial score (nSPS) is 17.8. The molecule has 0 aromatic heterocycles. The fourth-order valence-corrected chi connectivity index (χ4v) is 6.90. The maximum Gasteiger partial charge on any atom is 0.259 e. The van der Waals surface area contributed by atoms with Crippen LogP contribution in [0.4, 0.5) is 0 Å². The van der Waals surface area contributed by atoms with Crippen LogP contribution in [-0.2, 0) is 24.8 Å². The minimum atomic E-state index is -4.09. The third kappa shape index (κ3) is 5.66. The molecule has 188 valence electrons. The zero-order valence-corrected chi connectivity index (χ0v) is 21.3. The van der Waals surface area contributed by atoms with Gasteiger partial charge in [0.2, 0.25) is 20.0 Å². The number of hydrogen-bond donors (Lipinski definition) is 1. The molecule has 1 heterocycles. The second kappa shape index (κ2) is 10.9. The summed E-state index contributed by atoms with van der Waals surface area (Å²) in [5.41, 5.74) is 3.01. The maximum atomic E-state index is 13.4. The molecule has 3 aromatic carbocycles. The Kier molecular flexibility index (Phi) is 7.86. The molecule has 0 bridgehead atoms. The van der Waals surface area contributed by atoms with E-state index in [-0.39, 0.29) is 29.4 Å². The average molecular weight is 547 g/mol. The van der Waals surface area contributed by atoms with Crippen LogP contribution in [-0.4, -0.2) is 63.2 Å². The van der Waals surface area contributed by atoms with E-state index < -0.39 is 32.0 Å². The summed E-state index contributed by atoms with van der Waals surface area (Å²) in [5.74, 6) is -0.757. The first-order valence-electron chi connectivity index (χ1n) is 10.9. The minimum Gasteiger partial charge on any atom is -0.271 e. The van der Waals surface area contributed by atoms with Crippen molar-refractivity contribution < 1.29 is 21.6 Å². The van der Waals surface area contributed by atoms with Gasteiger partial charge in [0.25, 0.3) is 5.91 Å². The van der Waals surface area contributed by atoms with Gasteiger partial charge in [0, 0.05) is 24.7 Å². The van der Waals surface area contributed by atoms with Crippen LogP contribution in [0.1, 0.15) is 5.56 Å². The van der Waals surface area contributed by atoms with Gasteiger partial charge in [0.15, 0.2) is 0 Å². The highest BCUT2D eigenvalue weighted by Crippen LogP contribution is 2.25. The van der Waals surface area contributed by atoms with Crippen molar-refractivity contribution in [2.75, 3.05) is 19.6 Å². The minimum absolute atomic E-state index is 0.00633. The van der Waals surface area contributed by atoms with E-state index in [9.17, 15) is 21.6 Å². The lowest BCUT2D eigenvalue weighted by Crippen LogP contribution is -2.60. The van der Waals surface area contributed by atoms with Crippen LogP contribution in [0.2, 0.25) is 5.02 Å². The molecule has 1 N–H and O–H groups in total. The predicted octanol–water partition coefficient (Wildman–Crippen LogP) is 2.55. The van der Waals surface area contributed by atoms with Gasteiger partial charge in [-0.2, -0.15) is 13.7 Å². The number of piperazine rings is 1. The van der Waals surface area contributed by atoms with Crippen LogP contribution in [0.25, 0.3) is 0 Å². The Morgan fingerprint density at radius 1 is 0.833 bits per heavy atom. The van der Waals surface area contributed by atoms with Gasteiger partial charge in [0.1, 0.15) is 6.04 Å². The third-order valence-electron chi connectivity index (χ3n) is 5.59. The van der Waals surface area contributed by atoms with Crippen LogP contribution in [0.5, 0.6) is 0 Å². The fourth-order valence-electron chi connectivity index (χ4n) is 3.72. The second-order valence-corrected chi connectivity index (χ2v) is 12.2. The molecule has 1 aliphatic heterocycles. The highest BCUT2D eigenvalue weighted by Gasteiger charge is 2.43. The summed E-state index contributed by atoms with van der Waals surface area (Å²) in [5, 5.41) is 4.47. The third-order valence-corrected chi connectivity index (χ3v) is 9.64. The highest BCUT2D eigenvalue weighted by molar-refractivity contribution is 7.89. The second-order valence-electron chi connectivity index (χ2n) is 7.91. The van der Waals surface area contributed by atoms with Gasteiger partial charge in [-0.15, -0.1) is 0 Å². The first kappa shape index (κ1) is 26.0. The number of rotatable bonds is 7. The quantitative estimate of drug-likeness (QED) is 0.361. The Morgan fingerprint density at radius 2 is 1.39 bits per heavy atom. The van der Waals surface area contributed by atoms with Gasteiger partial charge >= 0.3 is 0 Å². The van der Waals surface area contributed by atoms with E-state index in [0.29, 0.717) is 10.6 Å². The molecule has 4 rings (SSSR count). The van der Waals surface area contributed by atoms with E-state index in [4.69, 9.17) is 11.6 Å². The smallest absolute Gasteiger partial charge is 0.259 e. The Labute approximate surface area is 215 Å². The number of halogens is 1. The fraction of sp³-hybridized carbons (Fsp3) is 0.167. The van der Waals surface area contributed by atoms with E-state index in [1.54, 1.807) is 60.7 Å². The molecule has 0 aliphatic carbocycles. The van der Waals surface area contributed by atoms with Crippen molar-refractivity contribution in [3.05, 3.63) is 95.5 Å². The van der Waals surface area contributed by atoms with Gasteiger partial charge in [0.05, 0.1) is 16.0 Å². The van der Waals surface area contributed by atoms with Crippen LogP contribution >= 0.6 is 11.6 Å². The highest BCUT2D eigenvalue weighted by atomic mass is 35.5. The van der Waals surface area contributed by atoms with Gasteiger partial charge in [-0.25, -0.2) is 22.3 Å². The van der Waals surface area contributed by atoms with Crippen LogP contribution in [0.15, 0.2) is 99.8 Å². The number of hydrazone groups is 1. The summed E-state index contributed by atoms with van der Waals surface area (Å²) in [6, 6.07) is 20.8. The molecule has 1 atom stereocenters. The Bertz CT molecular complexity index is 1450. The summed E-state index contributed by atoms with van der Waals surface area (Å²) in [6.07, 6.45) is 1.38. The zero-order valence-electron chi connectivity index (χ0n) is 18.9. The van der Waals surface area contributed by atoms with E-state index >= 15 is 0 Å². The molecule has 9 nitrogen and oxygen atoms in total. The Hall–Kier alpha value is -3.09. The van der Waals surface area contributed by atoms with Crippen molar-refractivity contribution in [2.24, 2.45) is 5.10 Å². The Morgan fingerprint density at radius 3 is 1.97 bits per heavy atom. The molecule has 0 saturated carbocycles. The molecule has 1 fully saturated rings. The number of carbonyl (C=O) groups is 1. The van der Waals surface area contributed by atoms with E-state index in [1.807, 2.05) is 0 Å². The number of hydrogen-bond acceptors (Lipinski definition) is 6. The molecule has 1 saturated heterocycles. The molecule has 0 unspecified atom stereocenters. The van der Waals surface area contributed by atoms with E-state index in [2.05, 4.69) is 10.5 Å². The number of sulfonamides is 2. The molecule has 36 heavy (non-hydrogen) atoms. The molecule has 0 spiro atoms. The number of benzene rings is 3. The summed E-state index contributed by atoms with van der Waals surface area (Å²) in [4.78, 5) is 13.2. The summed E-state index contributed by atoms with van der Waals surface area (Å²) in [7, 11) is -8.04. The van der Waals surface area contributed by atoms with E-state index in [1.165, 1.54) is 30.5 Å². The molecule has 1 aliphatic rings. The van der Waals surface area contributed by atoms with Crippen molar-refractivity contribution in [3.8, 4) is 0 Å². The zero-order chi connectivity index (χ0) is 25.8. The summed E-state index contributed by atoms with van der Waals surface area (Å²) >= 11 is 5.87. The predicted molar refractivity (Wildman–Crippen MR) is 137 cm³/mol. The molecule has 3 aromatic rings. The van der Waals surface area contributed by atoms with Crippen LogP contribution in [0, 0.1) is 0 Å². The standard InChI is InChI=1S/C24H23ClN4O5S2/c25-20-13-11-19(12-14-20)17-26-27-24(30)23-18-28(35(31,32)21-7-3-1-4-8-21)15-16-29(23)36(33,34)22-9-5-2-6-10-22/h1-14,17,23H,15-16,18H2,(H,27,30)/b26-17-/t23-/m0/s1. The number of nitrogens with one attached hydrogen (secondary N) is 1. The first-order chi connectivity index (χ1) is 17.2. The van der Waals surface area contributed by atoms with E-state index in [0.717, 1.165) is 8.61 Å². The molecule has 1 amide bonds. The van der Waals surface area contributed by atoms with Crippen molar-refractivity contribution in [1.29, 1.82) is 0 Å². The first-order valence-corrected chi connectivity index (χ1v) is 14.2. The molecule has 0 radical (unpaired) electrons. The maximum absolute atomic E-state index is 13.4. The molecular weight excluding hydrogens is 524 g/mol. The van der Waals surface area contributed by atoms with Crippen molar-refractivity contribution in [3.63, 3.8) is 0 Å². The molecule has 12 heteroatoms. The summed E-state index contributed by atoms with van der Waals surface area (Å²) < 4.78 is 55.3.